The number of nitrogens with one attached hydrogen (secondary N) is 1. The summed E-state index contributed by atoms with van der Waals surface area (Å²) in [7, 11) is 1.29. The number of methoxy groups -OCH3 is 1. The number of ketones is 2. The molecule has 0 atom stereocenters. The molecule has 1 aliphatic rings. The van der Waals surface area contributed by atoms with E-state index in [4.69, 9.17) is 4.74 Å². The average Bonchev–Trinajstić information content (AvgIpc) is 2.55. The summed E-state index contributed by atoms with van der Waals surface area (Å²) in [5.41, 5.74) is 0.944. The van der Waals surface area contributed by atoms with Crippen LogP contribution in [0.2, 0.25) is 0 Å². The first-order valence-corrected chi connectivity index (χ1v) is 6.74. The van der Waals surface area contributed by atoms with Crippen LogP contribution in [0.3, 0.4) is 0 Å². The molecule has 0 bridgehead atoms. The molecular weight excluding hydrogens is 301 g/mol. The minimum Gasteiger partial charge on any atom is -0.491 e. The molecule has 0 spiro atoms. The Labute approximate surface area is 131 Å². The van der Waals surface area contributed by atoms with Crippen LogP contribution < -0.4 is 5.32 Å². The quantitative estimate of drug-likeness (QED) is 0.936. The van der Waals surface area contributed by atoms with Crippen molar-refractivity contribution in [3.8, 4) is 0 Å². The van der Waals surface area contributed by atoms with Crippen molar-refractivity contribution < 1.29 is 18.7 Å². The second-order valence-electron chi connectivity index (χ2n) is 4.90. The normalized spacial score (nSPS) is 13.9. The van der Waals surface area contributed by atoms with Crippen LogP contribution in [0.15, 0.2) is 42.0 Å². The fraction of sp³-hybridized carbons (Fsp3) is 0.125. The number of aryl methyl sites for hydroxylation is 1. The molecule has 0 aliphatic heterocycles. The largest absolute Gasteiger partial charge is 0.491 e. The van der Waals surface area contributed by atoms with Gasteiger partial charge in [-0.1, -0.05) is 0 Å². The van der Waals surface area contributed by atoms with Gasteiger partial charge >= 0.3 is 0 Å². The van der Waals surface area contributed by atoms with Crippen LogP contribution in [0.5, 0.6) is 0 Å². The zero-order chi connectivity index (χ0) is 16.6. The number of carbonyl (C=O) groups excluding carboxylic acids is 2. The van der Waals surface area contributed by atoms with E-state index < -0.39 is 17.4 Å². The fourth-order valence-electron chi connectivity index (χ4n) is 2.32. The number of benzene rings is 1. The van der Waals surface area contributed by atoms with E-state index in [2.05, 4.69) is 15.3 Å². The highest BCUT2D eigenvalue weighted by Gasteiger charge is 2.35. The minimum atomic E-state index is -0.530. The highest BCUT2D eigenvalue weighted by molar-refractivity contribution is 6.25. The van der Waals surface area contributed by atoms with E-state index in [1.54, 1.807) is 6.92 Å². The van der Waals surface area contributed by atoms with Gasteiger partial charge in [-0.3, -0.25) is 9.59 Å². The number of anilines is 1. The molecule has 3 rings (SSSR count). The van der Waals surface area contributed by atoms with Crippen molar-refractivity contribution in [1.82, 2.24) is 9.97 Å². The summed E-state index contributed by atoms with van der Waals surface area (Å²) in [6, 6.07) is 4.05. The maximum absolute atomic E-state index is 13.2. The number of hydrogen-bond acceptors (Lipinski definition) is 6. The third-order valence-corrected chi connectivity index (χ3v) is 3.44. The molecule has 0 amide bonds. The first-order chi connectivity index (χ1) is 11.0. The lowest BCUT2D eigenvalue weighted by molar-refractivity contribution is 0.0899. The molecule has 23 heavy (non-hydrogen) atoms. The fourth-order valence-corrected chi connectivity index (χ4v) is 2.32. The number of aromatic nitrogens is 2. The third kappa shape index (κ3) is 2.46. The number of ether oxygens (including phenoxy) is 1. The van der Waals surface area contributed by atoms with Crippen LogP contribution in [0, 0.1) is 12.7 Å². The third-order valence-electron chi connectivity index (χ3n) is 3.44. The molecule has 6 nitrogen and oxygen atoms in total. The SMILES string of the molecule is COC1=C(Nc2ccc(F)cc2C)C(=O)c2nccnc2C1=O. The number of allylic oxidation sites excluding steroid dienone is 2. The molecule has 1 aromatic heterocycles. The van der Waals surface area contributed by atoms with E-state index in [-0.39, 0.29) is 22.8 Å². The predicted octanol–water partition coefficient (Wildman–Crippen LogP) is 2.27. The molecule has 1 aliphatic carbocycles. The number of fused-ring (bicyclic) bond motifs is 1. The molecule has 116 valence electrons. The Morgan fingerprint density at radius 2 is 1.74 bits per heavy atom. The lowest BCUT2D eigenvalue weighted by Gasteiger charge is -2.20. The Morgan fingerprint density at radius 1 is 1.09 bits per heavy atom. The first kappa shape index (κ1) is 14.8. The van der Waals surface area contributed by atoms with Crippen molar-refractivity contribution in [2.45, 2.75) is 6.92 Å². The number of hydrogen-bond donors (Lipinski definition) is 1. The average molecular weight is 313 g/mol. The number of rotatable bonds is 3. The molecule has 1 aromatic carbocycles. The Kier molecular flexibility index (Phi) is 3.61. The van der Waals surface area contributed by atoms with E-state index in [1.165, 1.54) is 37.7 Å². The molecule has 1 N–H and O–H groups in total. The van der Waals surface area contributed by atoms with Crippen LogP contribution in [0.25, 0.3) is 0 Å². The van der Waals surface area contributed by atoms with Gasteiger partial charge < -0.3 is 10.1 Å². The molecule has 0 radical (unpaired) electrons. The van der Waals surface area contributed by atoms with Gasteiger partial charge in [-0.05, 0) is 30.7 Å². The molecule has 1 heterocycles. The van der Waals surface area contributed by atoms with Crippen LogP contribution in [-0.2, 0) is 4.74 Å². The van der Waals surface area contributed by atoms with Crippen molar-refractivity contribution >= 4 is 17.3 Å². The number of carbonyl (C=O) groups is 2. The summed E-state index contributed by atoms with van der Waals surface area (Å²) >= 11 is 0. The van der Waals surface area contributed by atoms with Crippen molar-refractivity contribution in [3.63, 3.8) is 0 Å². The lowest BCUT2D eigenvalue weighted by Crippen LogP contribution is -2.29. The zero-order valence-corrected chi connectivity index (χ0v) is 12.4. The minimum absolute atomic E-state index is 0.0411. The van der Waals surface area contributed by atoms with Crippen LogP contribution in [0.4, 0.5) is 10.1 Å². The van der Waals surface area contributed by atoms with E-state index >= 15 is 0 Å². The van der Waals surface area contributed by atoms with E-state index in [0.717, 1.165) is 0 Å². The molecule has 0 saturated carbocycles. The van der Waals surface area contributed by atoms with Crippen LogP contribution in [0.1, 0.15) is 26.5 Å². The zero-order valence-electron chi connectivity index (χ0n) is 12.4. The highest BCUT2D eigenvalue weighted by atomic mass is 19.1. The Bertz CT molecular complexity index is 861. The first-order valence-electron chi connectivity index (χ1n) is 6.74. The van der Waals surface area contributed by atoms with Crippen LogP contribution in [-0.4, -0.2) is 28.6 Å². The van der Waals surface area contributed by atoms with E-state index in [1.807, 2.05) is 0 Å². The molecule has 7 heteroatoms. The summed E-state index contributed by atoms with van der Waals surface area (Å²) < 4.78 is 18.3. The van der Waals surface area contributed by atoms with Crippen molar-refractivity contribution in [2.24, 2.45) is 0 Å². The van der Waals surface area contributed by atoms with Gasteiger partial charge in [0, 0.05) is 18.1 Å². The maximum atomic E-state index is 13.2. The molecule has 0 saturated heterocycles. The lowest BCUT2D eigenvalue weighted by atomic mass is 9.99. The van der Waals surface area contributed by atoms with Gasteiger partial charge in [-0.25, -0.2) is 14.4 Å². The molecule has 0 fully saturated rings. The summed E-state index contributed by atoms with van der Waals surface area (Å²) in [4.78, 5) is 32.8. The monoisotopic (exact) mass is 313 g/mol. The smallest absolute Gasteiger partial charge is 0.250 e. The molecule has 0 unspecified atom stereocenters. The highest BCUT2D eigenvalue weighted by Crippen LogP contribution is 2.26. The second-order valence-corrected chi connectivity index (χ2v) is 4.90. The Morgan fingerprint density at radius 3 is 2.35 bits per heavy atom. The maximum Gasteiger partial charge on any atom is 0.250 e. The number of nitrogens with zero attached hydrogens (tertiary/aromatic N) is 2. The summed E-state index contributed by atoms with van der Waals surface area (Å²) in [6.07, 6.45) is 2.67. The number of halogens is 1. The van der Waals surface area contributed by atoms with E-state index in [0.29, 0.717) is 11.3 Å². The van der Waals surface area contributed by atoms with Crippen molar-refractivity contribution in [1.29, 1.82) is 0 Å². The summed E-state index contributed by atoms with van der Waals surface area (Å²) in [5.74, 6) is -1.58. The van der Waals surface area contributed by atoms with Crippen LogP contribution >= 0.6 is 0 Å². The van der Waals surface area contributed by atoms with Gasteiger partial charge in [0.2, 0.25) is 5.78 Å². The summed E-state index contributed by atoms with van der Waals surface area (Å²) in [5, 5.41) is 2.85. The summed E-state index contributed by atoms with van der Waals surface area (Å²) in [6.45, 7) is 1.68. The molecular formula is C16H12FN3O3. The van der Waals surface area contributed by atoms with E-state index in [9.17, 15) is 14.0 Å². The molecule has 2 aromatic rings. The van der Waals surface area contributed by atoms with Gasteiger partial charge in [0.25, 0.3) is 5.78 Å². The Hall–Kier alpha value is -3.09. The van der Waals surface area contributed by atoms with Crippen molar-refractivity contribution in [2.75, 3.05) is 12.4 Å². The van der Waals surface area contributed by atoms with Gasteiger partial charge in [0.05, 0.1) is 7.11 Å². The second kappa shape index (κ2) is 5.60. The van der Waals surface area contributed by atoms with Gasteiger partial charge in [-0.15, -0.1) is 0 Å². The van der Waals surface area contributed by atoms with Gasteiger partial charge in [0.1, 0.15) is 22.9 Å². The van der Waals surface area contributed by atoms with Crippen molar-refractivity contribution in [3.05, 3.63) is 64.8 Å². The predicted molar refractivity (Wildman–Crippen MR) is 79.5 cm³/mol. The topological polar surface area (TPSA) is 81.2 Å². The Balaban J connectivity index is 2.09. The standard InChI is InChI=1S/C16H12FN3O3/c1-8-7-9(17)3-4-10(8)20-13-14(21)11-12(19-6-5-18-11)15(22)16(13)23-2/h3-7,20H,1-2H3. The number of Topliss-reactive ketones (excluding diaryl/α,β-unsaturated/α-hetero) is 2. The van der Waals surface area contributed by atoms with Gasteiger partial charge in [0.15, 0.2) is 5.76 Å². The van der Waals surface area contributed by atoms with Gasteiger partial charge in [-0.2, -0.15) is 0 Å².